The monoisotopic (exact) mass is 223 g/mol. The van der Waals surface area contributed by atoms with Crippen LogP contribution >= 0.6 is 0 Å². The van der Waals surface area contributed by atoms with E-state index in [4.69, 9.17) is 6.42 Å². The molecule has 88 valence electrons. The van der Waals surface area contributed by atoms with Crippen molar-refractivity contribution in [1.29, 1.82) is 0 Å². The van der Waals surface area contributed by atoms with Crippen molar-refractivity contribution < 1.29 is 9.59 Å². The van der Waals surface area contributed by atoms with Crippen molar-refractivity contribution in [1.82, 2.24) is 16.0 Å². The van der Waals surface area contributed by atoms with Crippen LogP contribution in [-0.2, 0) is 9.59 Å². The fraction of sp³-hybridized carbons (Fsp3) is 0.636. The van der Waals surface area contributed by atoms with Gasteiger partial charge >= 0.3 is 0 Å². The van der Waals surface area contributed by atoms with Gasteiger partial charge in [0.05, 0.1) is 13.1 Å². The Morgan fingerprint density at radius 1 is 1.56 bits per heavy atom. The number of rotatable bonds is 4. The molecular formula is C11H17N3O2. The van der Waals surface area contributed by atoms with Crippen LogP contribution in [0.2, 0.25) is 0 Å². The van der Waals surface area contributed by atoms with Crippen LogP contribution in [0.15, 0.2) is 0 Å². The van der Waals surface area contributed by atoms with E-state index in [9.17, 15) is 9.59 Å². The van der Waals surface area contributed by atoms with E-state index in [0.717, 1.165) is 12.8 Å². The zero-order chi connectivity index (χ0) is 11.8. The zero-order valence-corrected chi connectivity index (χ0v) is 9.21. The summed E-state index contributed by atoms with van der Waals surface area (Å²) >= 11 is 0. The largest absolute Gasteiger partial charge is 0.354 e. The highest BCUT2D eigenvalue weighted by Crippen LogP contribution is 2.04. The average molecular weight is 223 g/mol. The highest BCUT2D eigenvalue weighted by molar-refractivity contribution is 5.88. The SMILES string of the molecule is C#CCNCC(=O)NC1CCCCNC1=O. The van der Waals surface area contributed by atoms with Crippen LogP contribution in [0, 0.1) is 12.3 Å². The van der Waals surface area contributed by atoms with E-state index in [1.165, 1.54) is 0 Å². The van der Waals surface area contributed by atoms with E-state index in [1.54, 1.807) is 0 Å². The fourth-order valence-electron chi connectivity index (χ4n) is 1.57. The second kappa shape index (κ2) is 6.85. The van der Waals surface area contributed by atoms with Gasteiger partial charge in [0.1, 0.15) is 6.04 Å². The van der Waals surface area contributed by atoms with Gasteiger partial charge in [-0.1, -0.05) is 5.92 Å². The summed E-state index contributed by atoms with van der Waals surface area (Å²) in [5.41, 5.74) is 0. The minimum Gasteiger partial charge on any atom is -0.354 e. The first-order valence-corrected chi connectivity index (χ1v) is 5.45. The van der Waals surface area contributed by atoms with Crippen LogP contribution in [0.3, 0.4) is 0 Å². The topological polar surface area (TPSA) is 70.2 Å². The van der Waals surface area contributed by atoms with Crippen molar-refractivity contribution in [3.63, 3.8) is 0 Å². The Balaban J connectivity index is 2.31. The molecule has 1 atom stereocenters. The maximum atomic E-state index is 11.5. The van der Waals surface area contributed by atoms with Crippen LogP contribution in [0.4, 0.5) is 0 Å². The molecule has 0 aromatic rings. The number of nitrogens with one attached hydrogen (secondary N) is 3. The van der Waals surface area contributed by atoms with Gasteiger partial charge in [0.15, 0.2) is 0 Å². The van der Waals surface area contributed by atoms with Crippen LogP contribution < -0.4 is 16.0 Å². The van der Waals surface area contributed by atoms with Crippen molar-refractivity contribution in [3.8, 4) is 12.3 Å². The van der Waals surface area contributed by atoms with Crippen molar-refractivity contribution in [3.05, 3.63) is 0 Å². The van der Waals surface area contributed by atoms with Crippen LogP contribution in [0.5, 0.6) is 0 Å². The summed E-state index contributed by atoms with van der Waals surface area (Å²) in [4.78, 5) is 22.9. The predicted molar refractivity (Wildman–Crippen MR) is 60.5 cm³/mol. The molecule has 1 heterocycles. The lowest BCUT2D eigenvalue weighted by Crippen LogP contribution is -2.48. The molecule has 0 bridgehead atoms. The van der Waals surface area contributed by atoms with Crippen LogP contribution in [-0.4, -0.2) is 37.5 Å². The zero-order valence-electron chi connectivity index (χ0n) is 9.21. The third-order valence-corrected chi connectivity index (χ3v) is 2.38. The first kappa shape index (κ1) is 12.5. The average Bonchev–Trinajstić information content (AvgIpc) is 2.45. The Hall–Kier alpha value is -1.54. The van der Waals surface area contributed by atoms with Crippen molar-refractivity contribution >= 4 is 11.8 Å². The van der Waals surface area contributed by atoms with E-state index in [0.29, 0.717) is 19.5 Å². The van der Waals surface area contributed by atoms with E-state index in [-0.39, 0.29) is 18.4 Å². The summed E-state index contributed by atoms with van der Waals surface area (Å²) in [7, 11) is 0. The summed E-state index contributed by atoms with van der Waals surface area (Å²) in [6.45, 7) is 1.19. The maximum Gasteiger partial charge on any atom is 0.242 e. The summed E-state index contributed by atoms with van der Waals surface area (Å²) < 4.78 is 0. The number of hydrogen-bond donors (Lipinski definition) is 3. The molecule has 1 fully saturated rings. The van der Waals surface area contributed by atoms with Gasteiger partial charge < -0.3 is 10.6 Å². The summed E-state index contributed by atoms with van der Waals surface area (Å²) in [5.74, 6) is 2.08. The molecule has 1 aliphatic rings. The van der Waals surface area contributed by atoms with E-state index < -0.39 is 6.04 Å². The summed E-state index contributed by atoms with van der Waals surface area (Å²) in [6, 6.07) is -0.400. The smallest absolute Gasteiger partial charge is 0.242 e. The lowest BCUT2D eigenvalue weighted by atomic mass is 10.1. The molecule has 0 spiro atoms. The Bertz CT molecular complexity index is 296. The van der Waals surface area contributed by atoms with Gasteiger partial charge in [-0.3, -0.25) is 14.9 Å². The molecule has 0 radical (unpaired) electrons. The molecule has 16 heavy (non-hydrogen) atoms. The highest BCUT2D eigenvalue weighted by Gasteiger charge is 2.21. The van der Waals surface area contributed by atoms with E-state index in [2.05, 4.69) is 21.9 Å². The molecule has 1 rings (SSSR count). The first-order valence-electron chi connectivity index (χ1n) is 5.45. The highest BCUT2D eigenvalue weighted by atomic mass is 16.2. The number of carbonyl (C=O) groups excluding carboxylic acids is 2. The third-order valence-electron chi connectivity index (χ3n) is 2.38. The summed E-state index contributed by atoms with van der Waals surface area (Å²) in [5, 5.41) is 8.22. The molecule has 3 N–H and O–H groups in total. The number of terminal acetylenes is 1. The fourth-order valence-corrected chi connectivity index (χ4v) is 1.57. The molecule has 0 aliphatic carbocycles. The molecule has 5 heteroatoms. The Morgan fingerprint density at radius 3 is 3.12 bits per heavy atom. The molecule has 2 amide bonds. The summed E-state index contributed by atoms with van der Waals surface area (Å²) in [6.07, 6.45) is 7.65. The van der Waals surface area contributed by atoms with Crippen LogP contribution in [0.25, 0.3) is 0 Å². The standard InChI is InChI=1S/C11H17N3O2/c1-2-6-12-8-10(15)14-9-5-3-4-7-13-11(9)16/h1,9,12H,3-8H2,(H,13,16)(H,14,15). The molecule has 0 aromatic heterocycles. The van der Waals surface area contributed by atoms with E-state index in [1.807, 2.05) is 0 Å². The number of hydrogen-bond acceptors (Lipinski definition) is 3. The van der Waals surface area contributed by atoms with E-state index >= 15 is 0 Å². The minimum atomic E-state index is -0.400. The maximum absolute atomic E-state index is 11.5. The van der Waals surface area contributed by atoms with Gasteiger partial charge in [0.25, 0.3) is 0 Å². The third kappa shape index (κ3) is 4.32. The second-order valence-electron chi connectivity index (χ2n) is 3.71. The Morgan fingerprint density at radius 2 is 2.38 bits per heavy atom. The molecule has 1 unspecified atom stereocenters. The molecule has 0 aromatic carbocycles. The van der Waals surface area contributed by atoms with Gasteiger partial charge in [-0.25, -0.2) is 0 Å². The van der Waals surface area contributed by atoms with Crippen molar-refractivity contribution in [2.45, 2.75) is 25.3 Å². The van der Waals surface area contributed by atoms with Gasteiger partial charge in [-0.15, -0.1) is 6.42 Å². The van der Waals surface area contributed by atoms with Gasteiger partial charge in [0, 0.05) is 6.54 Å². The van der Waals surface area contributed by atoms with Gasteiger partial charge in [-0.2, -0.15) is 0 Å². The van der Waals surface area contributed by atoms with Crippen molar-refractivity contribution in [2.24, 2.45) is 0 Å². The first-order chi connectivity index (χ1) is 7.74. The van der Waals surface area contributed by atoms with Crippen molar-refractivity contribution in [2.75, 3.05) is 19.6 Å². The molecule has 1 saturated heterocycles. The quantitative estimate of drug-likeness (QED) is 0.423. The molecule has 0 saturated carbocycles. The Kier molecular flexibility index (Phi) is 5.37. The lowest BCUT2D eigenvalue weighted by molar-refractivity contribution is -0.128. The molecular weight excluding hydrogens is 206 g/mol. The number of carbonyl (C=O) groups is 2. The second-order valence-corrected chi connectivity index (χ2v) is 3.71. The molecule has 5 nitrogen and oxygen atoms in total. The normalized spacial score (nSPS) is 20.4. The molecule has 1 aliphatic heterocycles. The van der Waals surface area contributed by atoms with Gasteiger partial charge in [-0.05, 0) is 19.3 Å². The van der Waals surface area contributed by atoms with Crippen LogP contribution in [0.1, 0.15) is 19.3 Å². The lowest BCUT2D eigenvalue weighted by Gasteiger charge is -2.14. The number of amides is 2. The minimum absolute atomic E-state index is 0.0946. The van der Waals surface area contributed by atoms with Gasteiger partial charge in [0.2, 0.25) is 11.8 Å². The predicted octanol–water partition coefficient (Wildman–Crippen LogP) is -1.01. The Labute approximate surface area is 95.4 Å².